The van der Waals surface area contributed by atoms with Crippen molar-refractivity contribution in [1.29, 1.82) is 0 Å². The topological polar surface area (TPSA) is 107 Å². The first-order chi connectivity index (χ1) is 12.9. The van der Waals surface area contributed by atoms with Crippen molar-refractivity contribution in [2.24, 2.45) is 0 Å². The van der Waals surface area contributed by atoms with Gasteiger partial charge in [-0.1, -0.05) is 32.1 Å². The van der Waals surface area contributed by atoms with Gasteiger partial charge in [0.1, 0.15) is 0 Å². The van der Waals surface area contributed by atoms with Crippen molar-refractivity contribution in [2.45, 2.75) is 89.8 Å². The first-order valence-corrected chi connectivity index (χ1v) is 9.72. The van der Waals surface area contributed by atoms with Crippen LogP contribution < -0.4 is 0 Å². The number of carbonyl (C=O) groups excluding carboxylic acids is 3. The first-order valence-electron chi connectivity index (χ1n) is 9.72. The molecule has 1 N–H and O–H groups in total. The second-order valence-corrected chi connectivity index (χ2v) is 6.91. The molecule has 0 spiro atoms. The van der Waals surface area contributed by atoms with Gasteiger partial charge in [0.2, 0.25) is 0 Å². The van der Waals surface area contributed by atoms with Gasteiger partial charge in [0.25, 0.3) is 0 Å². The number of rotatable bonds is 4. The number of carboxylic acid groups (broad SMARTS) is 1. The molecule has 1 heterocycles. The second kappa shape index (κ2) is 13.1. The van der Waals surface area contributed by atoms with Crippen LogP contribution >= 0.6 is 0 Å². The minimum atomic E-state index is -1.10. The third kappa shape index (κ3) is 11.2. The molecule has 1 aliphatic heterocycles. The third-order valence-corrected chi connectivity index (χ3v) is 4.41. The Hall–Kier alpha value is -2.18. The van der Waals surface area contributed by atoms with Gasteiger partial charge in [-0.2, -0.15) is 0 Å². The van der Waals surface area contributed by atoms with Gasteiger partial charge in [-0.3, -0.25) is 14.4 Å². The number of hydrogen-bond acceptors (Lipinski definition) is 6. The molecule has 0 aromatic carbocycles. The van der Waals surface area contributed by atoms with E-state index in [1.54, 1.807) is 0 Å². The van der Waals surface area contributed by atoms with Crippen LogP contribution in [-0.4, -0.2) is 41.0 Å². The van der Waals surface area contributed by atoms with Crippen LogP contribution in [0, 0.1) is 0 Å². The number of cyclic esters (lactones) is 1. The lowest BCUT2D eigenvalue weighted by atomic mass is 10.0. The molecular formula is C20H30O7. The van der Waals surface area contributed by atoms with E-state index in [1.165, 1.54) is 0 Å². The molecule has 0 aliphatic carbocycles. The third-order valence-electron chi connectivity index (χ3n) is 4.41. The zero-order valence-corrected chi connectivity index (χ0v) is 16.0. The molecular weight excluding hydrogens is 352 g/mol. The molecule has 0 aromatic rings. The van der Waals surface area contributed by atoms with E-state index >= 15 is 0 Å². The van der Waals surface area contributed by atoms with Crippen molar-refractivity contribution in [2.75, 3.05) is 0 Å². The molecule has 0 radical (unpaired) electrons. The SMILES string of the molecule is CC1CCCCCCCCCC(OC(=O)CCC(=O)O)C(=O)/C=C/C(=O)O1. The lowest BCUT2D eigenvalue weighted by molar-refractivity contribution is -0.155. The van der Waals surface area contributed by atoms with Gasteiger partial charge < -0.3 is 14.6 Å². The molecule has 1 rings (SSSR count). The summed E-state index contributed by atoms with van der Waals surface area (Å²) in [6, 6.07) is 0. The Morgan fingerprint density at radius 2 is 1.59 bits per heavy atom. The number of carboxylic acids is 1. The van der Waals surface area contributed by atoms with E-state index in [-0.39, 0.29) is 18.9 Å². The highest BCUT2D eigenvalue weighted by atomic mass is 16.5. The lowest BCUT2D eigenvalue weighted by Gasteiger charge is -2.16. The van der Waals surface area contributed by atoms with E-state index in [4.69, 9.17) is 14.6 Å². The smallest absolute Gasteiger partial charge is 0.331 e. The summed E-state index contributed by atoms with van der Waals surface area (Å²) in [4.78, 5) is 46.5. The number of aliphatic carboxylic acids is 1. The van der Waals surface area contributed by atoms with E-state index < -0.39 is 29.8 Å². The fourth-order valence-electron chi connectivity index (χ4n) is 2.89. The van der Waals surface area contributed by atoms with E-state index in [9.17, 15) is 19.2 Å². The van der Waals surface area contributed by atoms with Crippen LogP contribution in [0.3, 0.4) is 0 Å². The Labute approximate surface area is 160 Å². The Morgan fingerprint density at radius 3 is 2.22 bits per heavy atom. The second-order valence-electron chi connectivity index (χ2n) is 6.91. The Balaban J connectivity index is 2.70. The molecule has 2 atom stereocenters. The summed E-state index contributed by atoms with van der Waals surface area (Å²) in [7, 11) is 0. The summed E-state index contributed by atoms with van der Waals surface area (Å²) in [6.45, 7) is 1.82. The molecule has 0 saturated heterocycles. The zero-order chi connectivity index (χ0) is 20.1. The molecule has 152 valence electrons. The van der Waals surface area contributed by atoms with Crippen LogP contribution in [-0.2, 0) is 28.7 Å². The molecule has 2 unspecified atom stereocenters. The maximum atomic E-state index is 12.3. The lowest BCUT2D eigenvalue weighted by Crippen LogP contribution is -2.26. The number of carbonyl (C=O) groups is 4. The molecule has 0 fully saturated rings. The van der Waals surface area contributed by atoms with Crippen molar-refractivity contribution in [1.82, 2.24) is 0 Å². The van der Waals surface area contributed by atoms with E-state index in [0.717, 1.165) is 63.5 Å². The number of ketones is 1. The quantitative estimate of drug-likeness (QED) is 0.743. The van der Waals surface area contributed by atoms with Crippen LogP contribution in [0.5, 0.6) is 0 Å². The number of esters is 2. The van der Waals surface area contributed by atoms with Gasteiger partial charge in [0, 0.05) is 6.08 Å². The largest absolute Gasteiger partial charge is 0.481 e. The molecule has 7 heteroatoms. The fourth-order valence-corrected chi connectivity index (χ4v) is 2.89. The number of ether oxygens (including phenoxy) is 2. The van der Waals surface area contributed by atoms with Gasteiger partial charge >= 0.3 is 17.9 Å². The summed E-state index contributed by atoms with van der Waals surface area (Å²) >= 11 is 0. The Bertz CT molecular complexity index is 538. The van der Waals surface area contributed by atoms with Gasteiger partial charge in [-0.25, -0.2) is 4.79 Å². The summed E-state index contributed by atoms with van der Waals surface area (Å²) < 4.78 is 10.4. The summed E-state index contributed by atoms with van der Waals surface area (Å²) in [5.41, 5.74) is 0. The molecule has 7 nitrogen and oxygen atoms in total. The molecule has 1 aliphatic rings. The highest BCUT2D eigenvalue weighted by Gasteiger charge is 2.21. The predicted octanol–water partition coefficient (Wildman–Crippen LogP) is 3.34. The van der Waals surface area contributed by atoms with Gasteiger partial charge in [-0.05, 0) is 38.7 Å². The summed E-state index contributed by atoms with van der Waals surface area (Å²) in [5, 5.41) is 8.63. The van der Waals surface area contributed by atoms with Crippen LogP contribution in [0.1, 0.15) is 77.6 Å². The van der Waals surface area contributed by atoms with Crippen molar-refractivity contribution in [3.8, 4) is 0 Å². The minimum Gasteiger partial charge on any atom is -0.481 e. The van der Waals surface area contributed by atoms with Crippen molar-refractivity contribution >= 4 is 23.7 Å². The Morgan fingerprint density at radius 1 is 1.00 bits per heavy atom. The van der Waals surface area contributed by atoms with E-state index in [2.05, 4.69) is 0 Å². The van der Waals surface area contributed by atoms with Crippen LogP contribution in [0.15, 0.2) is 12.2 Å². The molecule has 0 amide bonds. The number of hydrogen-bond donors (Lipinski definition) is 1. The standard InChI is InChI=1S/C20H30O7/c1-15-9-7-5-3-2-4-6-8-10-17(16(21)11-13-19(24)26-15)27-20(25)14-12-18(22)23/h11,13,15,17H,2-10,12,14H2,1H3,(H,22,23)/b13-11+. The van der Waals surface area contributed by atoms with Crippen LogP contribution in [0.4, 0.5) is 0 Å². The maximum Gasteiger partial charge on any atom is 0.331 e. The van der Waals surface area contributed by atoms with Crippen LogP contribution in [0.2, 0.25) is 0 Å². The molecule has 0 aromatic heterocycles. The van der Waals surface area contributed by atoms with E-state index in [1.807, 2.05) is 6.92 Å². The average Bonchev–Trinajstić information content (AvgIpc) is 2.61. The van der Waals surface area contributed by atoms with E-state index in [0.29, 0.717) is 6.42 Å². The highest BCUT2D eigenvalue weighted by Crippen LogP contribution is 2.15. The summed E-state index contributed by atoms with van der Waals surface area (Å²) in [5.74, 6) is -2.92. The van der Waals surface area contributed by atoms with Crippen molar-refractivity contribution in [3.05, 3.63) is 12.2 Å². The normalized spacial score (nSPS) is 24.6. The highest BCUT2D eigenvalue weighted by molar-refractivity contribution is 5.99. The minimum absolute atomic E-state index is 0.213. The zero-order valence-electron chi connectivity index (χ0n) is 16.0. The maximum absolute atomic E-state index is 12.3. The first kappa shape index (κ1) is 22.9. The van der Waals surface area contributed by atoms with Crippen LogP contribution in [0.25, 0.3) is 0 Å². The summed E-state index contributed by atoms with van der Waals surface area (Å²) in [6.07, 6.45) is 8.45. The van der Waals surface area contributed by atoms with Gasteiger partial charge in [0.15, 0.2) is 11.9 Å². The molecule has 27 heavy (non-hydrogen) atoms. The molecule has 0 bridgehead atoms. The monoisotopic (exact) mass is 382 g/mol. The van der Waals surface area contributed by atoms with Gasteiger partial charge in [-0.15, -0.1) is 0 Å². The average molecular weight is 382 g/mol. The fraction of sp³-hybridized carbons (Fsp3) is 0.700. The van der Waals surface area contributed by atoms with Crippen molar-refractivity contribution in [3.63, 3.8) is 0 Å². The molecule has 0 saturated carbocycles. The van der Waals surface area contributed by atoms with Crippen molar-refractivity contribution < 1.29 is 33.8 Å². The van der Waals surface area contributed by atoms with Gasteiger partial charge in [0.05, 0.1) is 18.9 Å². The predicted molar refractivity (Wildman–Crippen MR) is 98.0 cm³/mol. The Kier molecular flexibility index (Phi) is 11.1.